The summed E-state index contributed by atoms with van der Waals surface area (Å²) in [5.41, 5.74) is 7.33. The van der Waals surface area contributed by atoms with E-state index in [1.165, 1.54) is 110 Å². The number of nitrogens with zero attached hydrogens (tertiary/aromatic N) is 2. The molecule has 0 amide bonds. The number of benzene rings is 3. The van der Waals surface area contributed by atoms with Gasteiger partial charge in [0.15, 0.2) is 0 Å². The predicted molar refractivity (Wildman–Crippen MR) is 162 cm³/mol. The minimum absolute atomic E-state index is 0.630. The van der Waals surface area contributed by atoms with Gasteiger partial charge in [0.05, 0.1) is 23.3 Å². The van der Waals surface area contributed by atoms with Crippen molar-refractivity contribution < 1.29 is 0 Å². The van der Waals surface area contributed by atoms with Gasteiger partial charge in [-0.3, -0.25) is 4.99 Å². The van der Waals surface area contributed by atoms with Gasteiger partial charge in [0, 0.05) is 5.56 Å². The molecule has 0 bridgehead atoms. The van der Waals surface area contributed by atoms with E-state index in [0.29, 0.717) is 11.8 Å². The molecule has 4 aromatic rings. The molecule has 0 atom stereocenters. The Balaban J connectivity index is 1.38. The number of hydrogen-bond acceptors (Lipinski definition) is 2. The molecule has 6 rings (SSSR count). The minimum Gasteiger partial charge on any atom is -0.254 e. The average Bonchev–Trinajstić information content (AvgIpc) is 3.42. The van der Waals surface area contributed by atoms with Crippen LogP contribution in [0.3, 0.4) is 0 Å². The quantitative estimate of drug-likeness (QED) is 0.198. The van der Waals surface area contributed by atoms with Gasteiger partial charge in [0.25, 0.3) is 0 Å². The van der Waals surface area contributed by atoms with Gasteiger partial charge in [-0.15, -0.1) is 0 Å². The van der Waals surface area contributed by atoms with Gasteiger partial charge in [0.2, 0.25) is 0 Å². The maximum atomic E-state index is 5.30. The zero-order chi connectivity index (χ0) is 25.6. The maximum Gasteiger partial charge on any atom is 0.0820 e. The van der Waals surface area contributed by atoms with Gasteiger partial charge in [-0.2, -0.15) is 0 Å². The highest BCUT2D eigenvalue weighted by molar-refractivity contribution is 5.96. The van der Waals surface area contributed by atoms with Gasteiger partial charge in [-0.1, -0.05) is 118 Å². The van der Waals surface area contributed by atoms with Crippen LogP contribution in [0.5, 0.6) is 0 Å². The lowest BCUT2D eigenvalue weighted by atomic mass is 9.84. The molecule has 0 unspecified atom stereocenters. The topological polar surface area (TPSA) is 25.2 Å². The maximum absolute atomic E-state index is 5.30. The van der Waals surface area contributed by atoms with Crippen LogP contribution in [0, 0.1) is 0 Å². The van der Waals surface area contributed by atoms with E-state index in [2.05, 4.69) is 78.9 Å². The molecule has 38 heavy (non-hydrogen) atoms. The second kappa shape index (κ2) is 12.1. The smallest absolute Gasteiger partial charge is 0.0820 e. The summed E-state index contributed by atoms with van der Waals surface area (Å²) in [7, 11) is 0. The molecule has 2 nitrogen and oxygen atoms in total. The summed E-state index contributed by atoms with van der Waals surface area (Å²) in [6.07, 6.45) is 18.1. The molecule has 2 aliphatic carbocycles. The molecule has 0 saturated heterocycles. The van der Waals surface area contributed by atoms with Crippen molar-refractivity contribution in [2.24, 2.45) is 4.99 Å². The van der Waals surface area contributed by atoms with E-state index in [0.717, 1.165) is 11.4 Å². The van der Waals surface area contributed by atoms with Crippen molar-refractivity contribution in [1.29, 1.82) is 0 Å². The number of para-hydroxylation sites is 1. The molecule has 3 aromatic carbocycles. The lowest BCUT2D eigenvalue weighted by Crippen LogP contribution is -2.04. The van der Waals surface area contributed by atoms with E-state index < -0.39 is 0 Å². The Morgan fingerprint density at radius 3 is 1.84 bits per heavy atom. The van der Waals surface area contributed by atoms with Crippen LogP contribution in [-0.2, 0) is 0 Å². The van der Waals surface area contributed by atoms with Crippen LogP contribution in [-0.4, -0.2) is 11.2 Å². The fourth-order valence-electron chi connectivity index (χ4n) is 6.82. The zero-order valence-electron chi connectivity index (χ0n) is 22.6. The van der Waals surface area contributed by atoms with Gasteiger partial charge in [-0.25, -0.2) is 4.98 Å². The molecule has 2 heteroatoms. The molecular weight excluding hydrogens is 460 g/mol. The van der Waals surface area contributed by atoms with Gasteiger partial charge >= 0.3 is 0 Å². The standard InChI is InChI=1S/C36H40N2/c1-2-6-15-28(14-5-1)32-22-13-23-33(29-16-7-3-4-8-17-29)36(32)37-26-30-20-12-25-35(38-30)34-24-11-19-27-18-9-10-21-31(27)34/h9-13,18-26,28-29H,1-8,14-17H2. The number of aromatic nitrogens is 1. The molecule has 0 radical (unpaired) electrons. The lowest BCUT2D eigenvalue weighted by Gasteiger charge is -2.23. The van der Waals surface area contributed by atoms with E-state index in [9.17, 15) is 0 Å². The normalized spacial score (nSPS) is 18.0. The molecule has 0 aliphatic heterocycles. The van der Waals surface area contributed by atoms with Crippen LogP contribution < -0.4 is 0 Å². The van der Waals surface area contributed by atoms with Crippen molar-refractivity contribution in [1.82, 2.24) is 4.98 Å². The van der Waals surface area contributed by atoms with Crippen LogP contribution >= 0.6 is 0 Å². The molecule has 2 aliphatic rings. The molecule has 2 saturated carbocycles. The third-order valence-electron chi connectivity index (χ3n) is 8.85. The van der Waals surface area contributed by atoms with E-state index in [1.54, 1.807) is 0 Å². The number of fused-ring (bicyclic) bond motifs is 1. The lowest BCUT2D eigenvalue weighted by molar-refractivity contribution is 0.579. The monoisotopic (exact) mass is 500 g/mol. The number of rotatable bonds is 5. The first-order chi connectivity index (χ1) is 18.9. The molecule has 1 heterocycles. The highest BCUT2D eigenvalue weighted by atomic mass is 14.8. The first kappa shape index (κ1) is 25.0. The van der Waals surface area contributed by atoms with Crippen LogP contribution in [0.4, 0.5) is 5.69 Å². The average molecular weight is 501 g/mol. The number of pyridine rings is 1. The summed E-state index contributed by atoms with van der Waals surface area (Å²) in [4.78, 5) is 10.4. The summed E-state index contributed by atoms with van der Waals surface area (Å²) >= 11 is 0. The Hall–Kier alpha value is -3.26. The highest BCUT2D eigenvalue weighted by Crippen LogP contribution is 2.43. The van der Waals surface area contributed by atoms with Crippen molar-refractivity contribution in [2.75, 3.05) is 0 Å². The summed E-state index contributed by atoms with van der Waals surface area (Å²) in [5.74, 6) is 1.26. The van der Waals surface area contributed by atoms with Crippen molar-refractivity contribution in [2.45, 2.75) is 88.9 Å². The third kappa shape index (κ3) is 5.60. The van der Waals surface area contributed by atoms with Crippen LogP contribution in [0.15, 0.2) is 83.9 Å². The first-order valence-electron chi connectivity index (χ1n) is 15.0. The van der Waals surface area contributed by atoms with Crippen molar-refractivity contribution in [3.63, 3.8) is 0 Å². The van der Waals surface area contributed by atoms with Crippen molar-refractivity contribution >= 4 is 22.7 Å². The Morgan fingerprint density at radius 2 is 1.16 bits per heavy atom. The molecule has 1 aromatic heterocycles. The zero-order valence-corrected chi connectivity index (χ0v) is 22.6. The van der Waals surface area contributed by atoms with E-state index in [-0.39, 0.29) is 0 Å². The van der Waals surface area contributed by atoms with Crippen LogP contribution in [0.25, 0.3) is 22.0 Å². The summed E-state index contributed by atoms with van der Waals surface area (Å²) in [6.45, 7) is 0. The van der Waals surface area contributed by atoms with E-state index in [1.807, 2.05) is 6.21 Å². The van der Waals surface area contributed by atoms with Crippen LogP contribution in [0.2, 0.25) is 0 Å². The molecule has 0 spiro atoms. The summed E-state index contributed by atoms with van der Waals surface area (Å²) in [6, 6.07) is 28.4. The van der Waals surface area contributed by atoms with Gasteiger partial charge in [0.1, 0.15) is 0 Å². The number of aliphatic imine (C=N–C) groups is 1. The Kier molecular flexibility index (Phi) is 7.95. The van der Waals surface area contributed by atoms with Crippen molar-refractivity contribution in [3.05, 3.63) is 95.7 Å². The Labute approximate surface area is 228 Å². The summed E-state index contributed by atoms with van der Waals surface area (Å²) in [5, 5.41) is 2.49. The predicted octanol–water partition coefficient (Wildman–Crippen LogP) is 10.5. The van der Waals surface area contributed by atoms with Crippen molar-refractivity contribution in [3.8, 4) is 11.3 Å². The first-order valence-corrected chi connectivity index (χ1v) is 15.0. The largest absolute Gasteiger partial charge is 0.254 e. The molecule has 2 fully saturated rings. The number of hydrogen-bond donors (Lipinski definition) is 0. The van der Waals surface area contributed by atoms with Gasteiger partial charge in [-0.05, 0) is 71.6 Å². The van der Waals surface area contributed by atoms with Crippen LogP contribution in [0.1, 0.15) is 106 Å². The fraction of sp³-hybridized carbons (Fsp3) is 0.389. The molecule has 194 valence electrons. The minimum atomic E-state index is 0.630. The highest BCUT2D eigenvalue weighted by Gasteiger charge is 2.23. The Bertz CT molecular complexity index is 1340. The second-order valence-electron chi connectivity index (χ2n) is 11.4. The Morgan fingerprint density at radius 1 is 0.579 bits per heavy atom. The van der Waals surface area contributed by atoms with E-state index >= 15 is 0 Å². The second-order valence-corrected chi connectivity index (χ2v) is 11.4. The molecule has 0 N–H and O–H groups in total. The fourth-order valence-corrected chi connectivity index (χ4v) is 6.82. The third-order valence-corrected chi connectivity index (χ3v) is 8.85. The SMILES string of the molecule is C(=Nc1c(C2CCCCCC2)cccc1C1CCCCCC1)c1cccc(-c2cccc3ccccc23)n1. The van der Waals surface area contributed by atoms with Gasteiger partial charge < -0.3 is 0 Å². The summed E-state index contributed by atoms with van der Waals surface area (Å²) < 4.78 is 0. The molecular formula is C36H40N2. The van der Waals surface area contributed by atoms with E-state index in [4.69, 9.17) is 9.98 Å².